The van der Waals surface area contributed by atoms with Crippen LogP contribution >= 0.6 is 0 Å². The van der Waals surface area contributed by atoms with Crippen LogP contribution in [0.2, 0.25) is 0 Å². The number of nitrogens with zero attached hydrogens (tertiary/aromatic N) is 2. The molecule has 0 radical (unpaired) electrons. The quantitative estimate of drug-likeness (QED) is 0.868. The Bertz CT molecular complexity index is 851. The topological polar surface area (TPSA) is 89.3 Å². The van der Waals surface area contributed by atoms with Crippen LogP contribution in [0, 0.1) is 13.8 Å². The maximum absolute atomic E-state index is 12.7. The lowest BCUT2D eigenvalue weighted by molar-refractivity contribution is 0.103. The molecule has 118 valence electrons. The van der Waals surface area contributed by atoms with Gasteiger partial charge in [0.25, 0.3) is 0 Å². The SMILES string of the molecule is CCn1nc(C)c(C(=O)c2ccc(C)cc2S(C)(=O)=O)c1O. The van der Waals surface area contributed by atoms with Crippen molar-refractivity contribution in [2.24, 2.45) is 0 Å². The van der Waals surface area contributed by atoms with Crippen molar-refractivity contribution in [2.45, 2.75) is 32.2 Å². The van der Waals surface area contributed by atoms with Crippen LogP contribution in [0.4, 0.5) is 0 Å². The van der Waals surface area contributed by atoms with E-state index in [4.69, 9.17) is 0 Å². The Morgan fingerprint density at radius 1 is 1.32 bits per heavy atom. The third-order valence-corrected chi connectivity index (χ3v) is 4.55. The molecule has 0 saturated carbocycles. The molecule has 0 bridgehead atoms. The van der Waals surface area contributed by atoms with Crippen molar-refractivity contribution in [2.75, 3.05) is 6.26 Å². The second-order valence-corrected chi connectivity index (χ2v) is 7.18. The van der Waals surface area contributed by atoms with Gasteiger partial charge in [0.15, 0.2) is 9.84 Å². The summed E-state index contributed by atoms with van der Waals surface area (Å²) < 4.78 is 25.2. The van der Waals surface area contributed by atoms with Crippen LogP contribution in [0.5, 0.6) is 5.88 Å². The Labute approximate surface area is 129 Å². The third kappa shape index (κ3) is 2.76. The number of sulfone groups is 1. The van der Waals surface area contributed by atoms with Crippen LogP contribution in [0.3, 0.4) is 0 Å². The van der Waals surface area contributed by atoms with Gasteiger partial charge in [0.1, 0.15) is 5.56 Å². The molecule has 2 rings (SSSR count). The molecule has 0 unspecified atom stereocenters. The Morgan fingerprint density at radius 3 is 2.45 bits per heavy atom. The average Bonchev–Trinajstić information content (AvgIpc) is 2.71. The summed E-state index contributed by atoms with van der Waals surface area (Å²) in [5.41, 5.74) is 1.18. The minimum atomic E-state index is -3.56. The lowest BCUT2D eigenvalue weighted by Gasteiger charge is -2.08. The van der Waals surface area contributed by atoms with Gasteiger partial charge in [0.2, 0.25) is 11.7 Å². The third-order valence-electron chi connectivity index (χ3n) is 3.41. The molecule has 0 amide bonds. The lowest BCUT2D eigenvalue weighted by atomic mass is 10.0. The van der Waals surface area contributed by atoms with Gasteiger partial charge in [-0.2, -0.15) is 5.10 Å². The van der Waals surface area contributed by atoms with Gasteiger partial charge in [-0.05, 0) is 38.5 Å². The largest absolute Gasteiger partial charge is 0.493 e. The van der Waals surface area contributed by atoms with Crippen molar-refractivity contribution in [1.29, 1.82) is 0 Å². The minimum absolute atomic E-state index is 0.0376. The molecule has 0 aliphatic heterocycles. The summed E-state index contributed by atoms with van der Waals surface area (Å²) in [6, 6.07) is 4.59. The van der Waals surface area contributed by atoms with Crippen LogP contribution in [-0.2, 0) is 16.4 Å². The van der Waals surface area contributed by atoms with E-state index in [-0.39, 0.29) is 21.9 Å². The van der Waals surface area contributed by atoms with Crippen molar-refractivity contribution in [1.82, 2.24) is 9.78 Å². The normalized spacial score (nSPS) is 11.6. The predicted octanol–water partition coefficient (Wildman–Crippen LogP) is 1.86. The highest BCUT2D eigenvalue weighted by Crippen LogP contribution is 2.27. The Morgan fingerprint density at radius 2 is 1.95 bits per heavy atom. The summed E-state index contributed by atoms with van der Waals surface area (Å²) in [5, 5.41) is 14.2. The van der Waals surface area contributed by atoms with Crippen molar-refractivity contribution in [3.8, 4) is 5.88 Å². The highest BCUT2D eigenvalue weighted by molar-refractivity contribution is 7.90. The van der Waals surface area contributed by atoms with E-state index < -0.39 is 15.6 Å². The predicted molar refractivity (Wildman–Crippen MR) is 82.0 cm³/mol. The van der Waals surface area contributed by atoms with Crippen molar-refractivity contribution in [3.05, 3.63) is 40.6 Å². The van der Waals surface area contributed by atoms with E-state index in [1.807, 2.05) is 0 Å². The maximum Gasteiger partial charge on any atom is 0.221 e. The maximum atomic E-state index is 12.7. The van der Waals surface area contributed by atoms with Crippen LogP contribution in [-0.4, -0.2) is 35.3 Å². The highest BCUT2D eigenvalue weighted by atomic mass is 32.2. The molecule has 0 aliphatic rings. The fraction of sp³-hybridized carbons (Fsp3) is 0.333. The van der Waals surface area contributed by atoms with Gasteiger partial charge in [-0.15, -0.1) is 0 Å². The molecule has 1 heterocycles. The van der Waals surface area contributed by atoms with E-state index in [1.165, 1.54) is 16.8 Å². The first-order chi connectivity index (χ1) is 10.2. The van der Waals surface area contributed by atoms with E-state index in [1.54, 1.807) is 26.8 Å². The summed E-state index contributed by atoms with van der Waals surface area (Å²) in [6.45, 7) is 5.55. The van der Waals surface area contributed by atoms with Gasteiger partial charge in [-0.1, -0.05) is 6.07 Å². The van der Waals surface area contributed by atoms with Crippen LogP contribution < -0.4 is 0 Å². The Kier molecular flexibility index (Phi) is 4.10. The smallest absolute Gasteiger partial charge is 0.221 e. The zero-order chi connectivity index (χ0) is 16.7. The van der Waals surface area contributed by atoms with Gasteiger partial charge in [0.05, 0.1) is 10.6 Å². The number of benzene rings is 1. The first kappa shape index (κ1) is 16.2. The summed E-state index contributed by atoms with van der Waals surface area (Å²) in [4.78, 5) is 12.7. The molecular weight excluding hydrogens is 304 g/mol. The second kappa shape index (κ2) is 5.57. The van der Waals surface area contributed by atoms with Gasteiger partial charge >= 0.3 is 0 Å². The number of aryl methyl sites for hydroxylation is 3. The van der Waals surface area contributed by atoms with Crippen molar-refractivity contribution < 1.29 is 18.3 Å². The lowest BCUT2D eigenvalue weighted by Crippen LogP contribution is -2.10. The molecule has 0 saturated heterocycles. The number of rotatable bonds is 4. The van der Waals surface area contributed by atoms with Crippen LogP contribution in [0.1, 0.15) is 34.1 Å². The molecule has 2 aromatic rings. The fourth-order valence-corrected chi connectivity index (χ4v) is 3.27. The molecule has 0 spiro atoms. The minimum Gasteiger partial charge on any atom is -0.493 e. The second-order valence-electron chi connectivity index (χ2n) is 5.20. The molecule has 7 heteroatoms. The van der Waals surface area contributed by atoms with Crippen LogP contribution in [0.15, 0.2) is 23.1 Å². The van der Waals surface area contributed by atoms with E-state index >= 15 is 0 Å². The zero-order valence-electron chi connectivity index (χ0n) is 12.9. The highest BCUT2D eigenvalue weighted by Gasteiger charge is 2.26. The van der Waals surface area contributed by atoms with Gasteiger partial charge in [-0.3, -0.25) is 4.79 Å². The standard InChI is InChI=1S/C15H18N2O4S/c1-5-17-15(19)13(10(3)16-17)14(18)11-7-6-9(2)8-12(11)22(4,20)21/h6-8,19H,5H2,1-4H3. The Hall–Kier alpha value is -2.15. The molecule has 1 N–H and O–H groups in total. The number of carbonyl (C=O) groups is 1. The molecule has 1 aromatic carbocycles. The number of hydrogen-bond acceptors (Lipinski definition) is 5. The number of hydrogen-bond donors (Lipinski definition) is 1. The number of aromatic nitrogens is 2. The summed E-state index contributed by atoms with van der Waals surface area (Å²) in [5.74, 6) is -0.792. The molecule has 0 fully saturated rings. The Balaban J connectivity index is 2.68. The van der Waals surface area contributed by atoms with E-state index in [0.29, 0.717) is 12.2 Å². The number of ketones is 1. The van der Waals surface area contributed by atoms with Crippen molar-refractivity contribution >= 4 is 15.6 Å². The molecule has 6 nitrogen and oxygen atoms in total. The average molecular weight is 322 g/mol. The number of aromatic hydroxyl groups is 1. The van der Waals surface area contributed by atoms with Crippen molar-refractivity contribution in [3.63, 3.8) is 0 Å². The first-order valence-electron chi connectivity index (χ1n) is 6.78. The first-order valence-corrected chi connectivity index (χ1v) is 8.67. The molecule has 1 aromatic heterocycles. The van der Waals surface area contributed by atoms with E-state index in [9.17, 15) is 18.3 Å². The molecular formula is C15H18N2O4S. The fourth-order valence-electron chi connectivity index (χ4n) is 2.31. The number of carbonyl (C=O) groups excluding carboxylic acids is 1. The summed E-state index contributed by atoms with van der Waals surface area (Å²) in [7, 11) is -3.56. The zero-order valence-corrected chi connectivity index (χ0v) is 13.7. The van der Waals surface area contributed by atoms with Gasteiger partial charge in [0, 0.05) is 18.4 Å². The van der Waals surface area contributed by atoms with E-state index in [0.717, 1.165) is 11.8 Å². The molecule has 22 heavy (non-hydrogen) atoms. The van der Waals surface area contributed by atoms with Gasteiger partial charge < -0.3 is 5.11 Å². The summed E-state index contributed by atoms with van der Waals surface area (Å²) in [6.07, 6.45) is 1.06. The molecule has 0 aliphatic carbocycles. The van der Waals surface area contributed by atoms with E-state index in [2.05, 4.69) is 5.10 Å². The van der Waals surface area contributed by atoms with Crippen LogP contribution in [0.25, 0.3) is 0 Å². The monoisotopic (exact) mass is 322 g/mol. The summed E-state index contributed by atoms with van der Waals surface area (Å²) >= 11 is 0. The molecule has 0 atom stereocenters. The van der Waals surface area contributed by atoms with Gasteiger partial charge in [-0.25, -0.2) is 13.1 Å².